The molecule has 2 heterocycles. The van der Waals surface area contributed by atoms with Gasteiger partial charge in [0.25, 0.3) is 0 Å². The van der Waals surface area contributed by atoms with Crippen molar-refractivity contribution >= 4 is 11.9 Å². The Morgan fingerprint density at radius 2 is 1.17 bits per heavy atom. The summed E-state index contributed by atoms with van der Waals surface area (Å²) in [5, 5.41) is 0. The summed E-state index contributed by atoms with van der Waals surface area (Å²) in [7, 11) is 0. The molecule has 2 fully saturated rings. The third-order valence-electron chi connectivity index (χ3n) is 7.36. The number of hydrogen-bond donors (Lipinski definition) is 2. The molecular weight excluding hydrogens is 368 g/mol. The van der Waals surface area contributed by atoms with Crippen LogP contribution in [0.15, 0.2) is 24.3 Å². The average Bonchev–Trinajstić information content (AvgIpc) is 2.72. The highest BCUT2D eigenvalue weighted by atomic mass is 16.6. The van der Waals surface area contributed by atoms with E-state index in [2.05, 4.69) is 0 Å². The number of carbonyl (C=O) groups excluding carboxylic acids is 2. The summed E-state index contributed by atoms with van der Waals surface area (Å²) in [6.07, 6.45) is 6.52. The van der Waals surface area contributed by atoms with E-state index < -0.39 is 11.7 Å². The van der Waals surface area contributed by atoms with Crippen LogP contribution in [0.1, 0.15) is 79.0 Å². The molecule has 6 heteroatoms. The minimum Gasteiger partial charge on any atom is -0.455 e. The molecule has 1 unspecified atom stereocenters. The van der Waals surface area contributed by atoms with Crippen molar-refractivity contribution in [1.29, 1.82) is 0 Å². The Labute approximate surface area is 172 Å². The van der Waals surface area contributed by atoms with Crippen molar-refractivity contribution in [2.75, 3.05) is 0 Å². The van der Waals surface area contributed by atoms with E-state index in [1.807, 2.05) is 6.92 Å². The first kappa shape index (κ1) is 20.4. The normalized spacial score (nSPS) is 38.2. The second-order valence-corrected chi connectivity index (χ2v) is 9.09. The first-order chi connectivity index (χ1) is 13.9. The fraction of sp³-hybridized carbons (Fsp3) is 0.652. The molecule has 4 N–H and O–H groups in total. The summed E-state index contributed by atoms with van der Waals surface area (Å²) in [5.41, 5.74) is 12.4. The Morgan fingerprint density at radius 3 is 1.62 bits per heavy atom. The summed E-state index contributed by atoms with van der Waals surface area (Å²) in [5.74, 6) is -0.479. The highest BCUT2D eigenvalue weighted by molar-refractivity contribution is 5.94. The van der Waals surface area contributed by atoms with Crippen LogP contribution in [0.3, 0.4) is 0 Å². The van der Waals surface area contributed by atoms with E-state index in [0.29, 0.717) is 11.1 Å². The van der Waals surface area contributed by atoms with Gasteiger partial charge in [-0.1, -0.05) is 0 Å². The SMILES string of the molecule is CC1OC(=O)c2ccc(cc2)C(=O)OC1(C1CCC(N)CC1)C1CCC(N)CC1. The first-order valence-corrected chi connectivity index (χ1v) is 11.0. The lowest BCUT2D eigenvalue weighted by Gasteiger charge is -2.51. The lowest BCUT2D eigenvalue weighted by atomic mass is 9.63. The zero-order valence-corrected chi connectivity index (χ0v) is 17.1. The molecule has 1 aromatic rings. The van der Waals surface area contributed by atoms with Gasteiger partial charge < -0.3 is 20.9 Å². The summed E-state index contributed by atoms with van der Waals surface area (Å²) in [6, 6.07) is 6.90. The molecule has 2 aliphatic heterocycles. The summed E-state index contributed by atoms with van der Waals surface area (Å²) < 4.78 is 12.4. The second kappa shape index (κ2) is 8.07. The Balaban J connectivity index is 1.77. The third kappa shape index (κ3) is 3.80. The van der Waals surface area contributed by atoms with Gasteiger partial charge in [-0.05, 0) is 82.6 Å². The Bertz CT molecular complexity index is 725. The fourth-order valence-electron chi connectivity index (χ4n) is 5.67. The quantitative estimate of drug-likeness (QED) is 0.739. The highest BCUT2D eigenvalue weighted by Gasteiger charge is 2.55. The van der Waals surface area contributed by atoms with Crippen LogP contribution < -0.4 is 11.5 Å². The summed E-state index contributed by atoms with van der Waals surface area (Å²) >= 11 is 0. The number of hydrogen-bond acceptors (Lipinski definition) is 6. The molecule has 5 rings (SSSR count). The zero-order chi connectivity index (χ0) is 20.6. The largest absolute Gasteiger partial charge is 0.455 e. The van der Waals surface area contributed by atoms with Crippen LogP contribution in [0.2, 0.25) is 0 Å². The third-order valence-corrected chi connectivity index (χ3v) is 7.36. The van der Waals surface area contributed by atoms with Gasteiger partial charge in [-0.3, -0.25) is 0 Å². The molecule has 0 saturated heterocycles. The molecular formula is C23H32N2O4. The highest BCUT2D eigenvalue weighted by Crippen LogP contribution is 2.48. The molecule has 158 valence electrons. The first-order valence-electron chi connectivity index (χ1n) is 11.0. The maximum atomic E-state index is 13.2. The molecule has 4 aliphatic rings. The summed E-state index contributed by atoms with van der Waals surface area (Å²) in [6.45, 7) is 1.89. The van der Waals surface area contributed by atoms with Gasteiger partial charge in [0.05, 0.1) is 11.1 Å². The van der Waals surface area contributed by atoms with Gasteiger partial charge in [0.2, 0.25) is 0 Å². The van der Waals surface area contributed by atoms with E-state index in [0.717, 1.165) is 51.4 Å². The van der Waals surface area contributed by atoms with Gasteiger partial charge in [-0.2, -0.15) is 0 Å². The topological polar surface area (TPSA) is 105 Å². The van der Waals surface area contributed by atoms with Crippen LogP contribution in [-0.4, -0.2) is 35.7 Å². The smallest absolute Gasteiger partial charge is 0.338 e. The lowest BCUT2D eigenvalue weighted by molar-refractivity contribution is -0.166. The van der Waals surface area contributed by atoms with Gasteiger partial charge in [0, 0.05) is 23.9 Å². The average molecular weight is 401 g/mol. The molecule has 0 radical (unpaired) electrons. The molecule has 0 aromatic heterocycles. The molecule has 0 amide bonds. The fourth-order valence-corrected chi connectivity index (χ4v) is 5.67. The van der Waals surface area contributed by atoms with Crippen LogP contribution in [0.5, 0.6) is 0 Å². The maximum Gasteiger partial charge on any atom is 0.338 e. The van der Waals surface area contributed by atoms with E-state index in [9.17, 15) is 9.59 Å². The van der Waals surface area contributed by atoms with Gasteiger partial charge in [0.1, 0.15) is 6.10 Å². The van der Waals surface area contributed by atoms with Gasteiger partial charge in [-0.15, -0.1) is 0 Å². The molecule has 0 spiro atoms. The van der Waals surface area contributed by atoms with E-state index in [1.54, 1.807) is 24.3 Å². The minimum absolute atomic E-state index is 0.116. The minimum atomic E-state index is -0.847. The molecule has 6 nitrogen and oxygen atoms in total. The van der Waals surface area contributed by atoms with E-state index >= 15 is 0 Å². The Morgan fingerprint density at radius 1 is 0.759 bits per heavy atom. The van der Waals surface area contributed by atoms with Crippen molar-refractivity contribution in [2.45, 2.75) is 82.1 Å². The number of ether oxygens (including phenoxy) is 2. The van der Waals surface area contributed by atoms with Crippen molar-refractivity contribution in [3.05, 3.63) is 35.4 Å². The number of benzene rings is 1. The van der Waals surface area contributed by atoms with Crippen molar-refractivity contribution in [3.63, 3.8) is 0 Å². The zero-order valence-electron chi connectivity index (χ0n) is 17.1. The van der Waals surface area contributed by atoms with E-state index in [4.69, 9.17) is 20.9 Å². The summed E-state index contributed by atoms with van der Waals surface area (Å²) in [4.78, 5) is 26.0. The molecule has 1 atom stereocenters. The van der Waals surface area contributed by atoms with Crippen LogP contribution in [0.4, 0.5) is 0 Å². The number of carbonyl (C=O) groups is 2. The molecule has 29 heavy (non-hydrogen) atoms. The molecule has 2 aliphatic carbocycles. The Hall–Kier alpha value is -1.92. The van der Waals surface area contributed by atoms with Gasteiger partial charge >= 0.3 is 11.9 Å². The Kier molecular flexibility index (Phi) is 5.67. The van der Waals surface area contributed by atoms with Crippen molar-refractivity contribution in [1.82, 2.24) is 0 Å². The van der Waals surface area contributed by atoms with Gasteiger partial charge in [0.15, 0.2) is 5.60 Å². The lowest BCUT2D eigenvalue weighted by Crippen LogP contribution is -2.60. The van der Waals surface area contributed by atoms with Crippen LogP contribution >= 0.6 is 0 Å². The predicted molar refractivity (Wildman–Crippen MR) is 109 cm³/mol. The van der Waals surface area contributed by atoms with E-state index in [-0.39, 0.29) is 35.9 Å². The predicted octanol–water partition coefficient (Wildman–Crippen LogP) is 3.18. The van der Waals surface area contributed by atoms with E-state index in [1.165, 1.54) is 0 Å². The number of rotatable bonds is 2. The molecule has 2 bridgehead atoms. The number of esters is 2. The monoisotopic (exact) mass is 400 g/mol. The van der Waals surface area contributed by atoms with Crippen LogP contribution in [-0.2, 0) is 9.47 Å². The molecule has 2 saturated carbocycles. The van der Waals surface area contributed by atoms with Crippen molar-refractivity contribution in [3.8, 4) is 0 Å². The van der Waals surface area contributed by atoms with Gasteiger partial charge in [-0.25, -0.2) is 9.59 Å². The standard InChI is InChI=1S/C23H32N2O4/c1-14-23(17-6-10-19(24)11-7-17,18-8-12-20(25)13-9-18)29-22(27)16-4-2-15(3-5-16)21(26)28-14/h2-5,14,17-20H,6-13,24-25H2,1H3. The second-order valence-electron chi connectivity index (χ2n) is 9.09. The number of fused-ring (bicyclic) bond motifs is 7. The van der Waals surface area contributed by atoms with Crippen molar-refractivity contribution in [2.24, 2.45) is 23.3 Å². The number of nitrogens with two attached hydrogens (primary N) is 2. The maximum absolute atomic E-state index is 13.2. The molecule has 1 aromatic carbocycles. The van der Waals surface area contributed by atoms with Crippen LogP contribution in [0.25, 0.3) is 0 Å². The van der Waals surface area contributed by atoms with Crippen molar-refractivity contribution < 1.29 is 19.1 Å². The van der Waals surface area contributed by atoms with Crippen LogP contribution in [0, 0.1) is 11.8 Å².